The smallest absolute Gasteiger partial charge is 0.263 e. The molecule has 1 amide bonds. The fourth-order valence-electron chi connectivity index (χ4n) is 2.57. The van der Waals surface area contributed by atoms with Crippen molar-refractivity contribution < 1.29 is 4.79 Å². The van der Waals surface area contributed by atoms with Gasteiger partial charge in [0.1, 0.15) is 4.88 Å². The van der Waals surface area contributed by atoms with Crippen molar-refractivity contribution in [3.8, 4) is 0 Å². The molecule has 1 aliphatic rings. The number of nitrogens with one attached hydrogen (secondary N) is 1. The molecule has 0 saturated heterocycles. The fraction of sp³-hybridized carbons (Fsp3) is 0.267. The van der Waals surface area contributed by atoms with Crippen molar-refractivity contribution in [2.75, 3.05) is 18.0 Å². The normalized spacial score (nSPS) is 16.3. The minimum atomic E-state index is 0.0175. The van der Waals surface area contributed by atoms with Crippen LogP contribution in [0.15, 0.2) is 35.7 Å². The molecule has 5 heteroatoms. The molecule has 3 rings (SSSR count). The third kappa shape index (κ3) is 2.30. The number of benzene rings is 1. The molecule has 3 nitrogen and oxygen atoms in total. The molecule has 0 aliphatic carbocycles. The zero-order valence-corrected chi connectivity index (χ0v) is 12.7. The van der Waals surface area contributed by atoms with Crippen LogP contribution >= 0.6 is 22.9 Å². The Kier molecular flexibility index (Phi) is 3.68. The Morgan fingerprint density at radius 2 is 2.15 bits per heavy atom. The first-order chi connectivity index (χ1) is 9.68. The lowest BCUT2D eigenvalue weighted by atomic mass is 10.1. The number of rotatable bonds is 2. The van der Waals surface area contributed by atoms with E-state index in [4.69, 9.17) is 11.6 Å². The van der Waals surface area contributed by atoms with E-state index in [1.54, 1.807) is 0 Å². The highest BCUT2D eigenvalue weighted by atomic mass is 35.5. The van der Waals surface area contributed by atoms with Crippen LogP contribution in [-0.2, 0) is 0 Å². The Bertz CT molecular complexity index is 640. The lowest BCUT2D eigenvalue weighted by Crippen LogP contribution is -2.32. The average Bonchev–Trinajstić information content (AvgIpc) is 2.87. The number of anilines is 1. The molecular weight excluding hydrogens is 292 g/mol. The van der Waals surface area contributed by atoms with Crippen molar-refractivity contribution in [2.45, 2.75) is 13.0 Å². The number of halogens is 1. The summed E-state index contributed by atoms with van der Waals surface area (Å²) in [5.41, 5.74) is 2.08. The Balaban J connectivity index is 2.00. The number of hydrogen-bond acceptors (Lipinski definition) is 3. The summed E-state index contributed by atoms with van der Waals surface area (Å²) >= 11 is 7.78. The first-order valence-corrected chi connectivity index (χ1v) is 7.81. The van der Waals surface area contributed by atoms with Crippen LogP contribution in [0.2, 0.25) is 5.02 Å². The third-order valence-electron chi connectivity index (χ3n) is 3.62. The van der Waals surface area contributed by atoms with E-state index in [1.165, 1.54) is 11.3 Å². The van der Waals surface area contributed by atoms with E-state index >= 15 is 0 Å². The predicted molar refractivity (Wildman–Crippen MR) is 83.9 cm³/mol. The van der Waals surface area contributed by atoms with Gasteiger partial charge in [-0.15, -0.1) is 11.3 Å². The van der Waals surface area contributed by atoms with Crippen LogP contribution in [0.4, 0.5) is 5.69 Å². The van der Waals surface area contributed by atoms with E-state index in [2.05, 4.69) is 17.1 Å². The Morgan fingerprint density at radius 1 is 1.35 bits per heavy atom. The number of hydrogen-bond donors (Lipinski definition) is 1. The Labute approximate surface area is 127 Å². The molecule has 104 valence electrons. The molecule has 1 N–H and O–H groups in total. The van der Waals surface area contributed by atoms with Crippen LogP contribution in [-0.4, -0.2) is 19.0 Å². The number of fused-ring (bicyclic) bond motifs is 1. The minimum absolute atomic E-state index is 0.0175. The van der Waals surface area contributed by atoms with Gasteiger partial charge in [-0.2, -0.15) is 0 Å². The predicted octanol–water partition coefficient (Wildman–Crippen LogP) is 3.71. The van der Waals surface area contributed by atoms with Gasteiger partial charge < -0.3 is 10.2 Å². The topological polar surface area (TPSA) is 32.3 Å². The van der Waals surface area contributed by atoms with Crippen LogP contribution in [0, 0.1) is 0 Å². The monoisotopic (exact) mass is 306 g/mol. The van der Waals surface area contributed by atoms with Crippen LogP contribution in [0.1, 0.15) is 28.2 Å². The highest BCUT2D eigenvalue weighted by Gasteiger charge is 2.26. The van der Waals surface area contributed by atoms with E-state index in [-0.39, 0.29) is 11.9 Å². The molecule has 1 atom stereocenters. The van der Waals surface area contributed by atoms with Crippen LogP contribution < -0.4 is 10.2 Å². The van der Waals surface area contributed by atoms with Gasteiger partial charge in [-0.1, -0.05) is 29.8 Å². The van der Waals surface area contributed by atoms with Gasteiger partial charge in [-0.3, -0.25) is 4.79 Å². The van der Waals surface area contributed by atoms with Crippen molar-refractivity contribution in [2.24, 2.45) is 0 Å². The van der Waals surface area contributed by atoms with Gasteiger partial charge >= 0.3 is 0 Å². The molecule has 0 saturated carbocycles. The van der Waals surface area contributed by atoms with Crippen LogP contribution in [0.3, 0.4) is 0 Å². The minimum Gasteiger partial charge on any atom is -0.362 e. The molecule has 2 heterocycles. The van der Waals surface area contributed by atoms with Crippen molar-refractivity contribution in [1.82, 2.24) is 5.32 Å². The zero-order valence-electron chi connectivity index (χ0n) is 11.1. The molecule has 0 spiro atoms. The van der Waals surface area contributed by atoms with Crippen LogP contribution in [0.25, 0.3) is 0 Å². The summed E-state index contributed by atoms with van der Waals surface area (Å²) in [5, 5.41) is 5.66. The van der Waals surface area contributed by atoms with Crippen molar-refractivity contribution in [1.29, 1.82) is 0 Å². The summed E-state index contributed by atoms with van der Waals surface area (Å²) in [6.07, 6.45) is 0. The van der Waals surface area contributed by atoms with Gasteiger partial charge in [0.05, 0.1) is 11.7 Å². The SMILES string of the molecule is CC(c1ccccc1Cl)N1CCNC(=O)c2sccc21. The summed E-state index contributed by atoms with van der Waals surface area (Å²) in [4.78, 5) is 15.0. The Morgan fingerprint density at radius 3 is 2.95 bits per heavy atom. The number of carbonyl (C=O) groups is 1. The van der Waals surface area contributed by atoms with Gasteiger partial charge in [-0.25, -0.2) is 0 Å². The maximum absolute atomic E-state index is 12.0. The summed E-state index contributed by atoms with van der Waals surface area (Å²) < 4.78 is 0. The van der Waals surface area contributed by atoms with Gasteiger partial charge in [0.15, 0.2) is 0 Å². The molecule has 1 unspecified atom stereocenters. The van der Waals surface area contributed by atoms with Crippen molar-refractivity contribution in [3.05, 3.63) is 51.2 Å². The van der Waals surface area contributed by atoms with Crippen molar-refractivity contribution in [3.63, 3.8) is 0 Å². The van der Waals surface area contributed by atoms with E-state index in [0.29, 0.717) is 6.54 Å². The first-order valence-electron chi connectivity index (χ1n) is 6.55. The van der Waals surface area contributed by atoms with Crippen LogP contribution in [0.5, 0.6) is 0 Å². The lowest BCUT2D eigenvalue weighted by Gasteiger charge is -2.30. The number of amides is 1. The van der Waals surface area contributed by atoms with E-state index in [1.807, 2.05) is 35.7 Å². The van der Waals surface area contributed by atoms with E-state index in [0.717, 1.165) is 27.7 Å². The molecule has 0 radical (unpaired) electrons. The summed E-state index contributed by atoms with van der Waals surface area (Å²) in [7, 11) is 0. The van der Waals surface area contributed by atoms with Gasteiger partial charge in [0.25, 0.3) is 5.91 Å². The Hall–Kier alpha value is -1.52. The zero-order chi connectivity index (χ0) is 14.1. The first kappa shape index (κ1) is 13.5. The van der Waals surface area contributed by atoms with Gasteiger partial charge in [-0.05, 0) is 30.0 Å². The largest absolute Gasteiger partial charge is 0.362 e. The molecule has 0 bridgehead atoms. The second kappa shape index (κ2) is 5.46. The molecule has 20 heavy (non-hydrogen) atoms. The second-order valence-electron chi connectivity index (χ2n) is 4.78. The summed E-state index contributed by atoms with van der Waals surface area (Å²) in [6.45, 7) is 3.55. The molecule has 1 aliphatic heterocycles. The number of thiophene rings is 1. The highest BCUT2D eigenvalue weighted by Crippen LogP contribution is 2.35. The standard InChI is InChI=1S/C15H15ClN2OS/c1-10(11-4-2-3-5-12(11)16)18-8-7-17-15(19)14-13(18)6-9-20-14/h2-6,9-10H,7-8H2,1H3,(H,17,19). The van der Waals surface area contributed by atoms with Gasteiger partial charge in [0.2, 0.25) is 0 Å². The maximum atomic E-state index is 12.0. The fourth-order valence-corrected chi connectivity index (χ4v) is 3.69. The van der Waals surface area contributed by atoms with Gasteiger partial charge in [0, 0.05) is 18.1 Å². The molecule has 1 aromatic carbocycles. The third-order valence-corrected chi connectivity index (χ3v) is 4.87. The molecule has 1 aromatic heterocycles. The number of nitrogens with zero attached hydrogens (tertiary/aromatic N) is 1. The highest BCUT2D eigenvalue weighted by molar-refractivity contribution is 7.12. The lowest BCUT2D eigenvalue weighted by molar-refractivity contribution is 0.0962. The number of carbonyl (C=O) groups excluding carboxylic acids is 1. The summed E-state index contributed by atoms with van der Waals surface area (Å²) in [6, 6.07) is 10.0. The van der Waals surface area contributed by atoms with E-state index in [9.17, 15) is 4.79 Å². The second-order valence-corrected chi connectivity index (χ2v) is 6.11. The molecule has 2 aromatic rings. The molecule has 0 fully saturated rings. The summed E-state index contributed by atoms with van der Waals surface area (Å²) in [5.74, 6) is 0.0175. The quantitative estimate of drug-likeness (QED) is 0.917. The maximum Gasteiger partial charge on any atom is 0.263 e. The average molecular weight is 307 g/mol. The molecular formula is C15H15ClN2OS. The van der Waals surface area contributed by atoms with E-state index < -0.39 is 0 Å². The van der Waals surface area contributed by atoms with Crippen molar-refractivity contribution >= 4 is 34.5 Å².